The van der Waals surface area contributed by atoms with Gasteiger partial charge in [0, 0.05) is 32.7 Å². The van der Waals surface area contributed by atoms with Crippen molar-refractivity contribution in [3.05, 3.63) is 92.9 Å². The Labute approximate surface area is 179 Å². The first-order chi connectivity index (χ1) is 14.9. The maximum Gasteiger partial charge on any atom is 0.300 e. The van der Waals surface area contributed by atoms with Crippen molar-refractivity contribution in [2.45, 2.75) is 39.0 Å². The van der Waals surface area contributed by atoms with Crippen LogP contribution in [0, 0.1) is 6.92 Å². The molecule has 31 heavy (non-hydrogen) atoms. The summed E-state index contributed by atoms with van der Waals surface area (Å²) >= 11 is 0. The quantitative estimate of drug-likeness (QED) is 0.643. The topological polar surface area (TPSA) is 41.4 Å². The minimum Gasteiger partial charge on any atom is -0.336 e. The highest BCUT2D eigenvalue weighted by molar-refractivity contribution is 5.43. The molecule has 2 aliphatic heterocycles. The minimum atomic E-state index is -3.11. The molecule has 0 bridgehead atoms. The Hall–Kier alpha value is -3.06. The molecule has 0 atom stereocenters. The van der Waals surface area contributed by atoms with E-state index in [1.165, 1.54) is 0 Å². The first kappa shape index (κ1) is 19.9. The Morgan fingerprint density at radius 3 is 2.55 bits per heavy atom. The number of nitrogens with zero attached hydrogens (tertiary/aromatic N) is 4. The van der Waals surface area contributed by atoms with E-state index in [0.29, 0.717) is 32.1 Å². The van der Waals surface area contributed by atoms with Gasteiger partial charge in [0.05, 0.1) is 12.1 Å². The summed E-state index contributed by atoms with van der Waals surface area (Å²) in [5, 5.41) is 0. The maximum absolute atomic E-state index is 15.3. The minimum absolute atomic E-state index is 0.119. The lowest BCUT2D eigenvalue weighted by atomic mass is 10.0. The zero-order valence-corrected chi connectivity index (χ0v) is 17.4. The fourth-order valence-corrected chi connectivity index (χ4v) is 4.69. The van der Waals surface area contributed by atoms with Crippen molar-refractivity contribution in [2.75, 3.05) is 18.0 Å². The van der Waals surface area contributed by atoms with E-state index in [9.17, 15) is 4.79 Å². The molecule has 0 spiro atoms. The van der Waals surface area contributed by atoms with Gasteiger partial charge in [-0.2, -0.15) is 13.8 Å². The molecule has 5 rings (SSSR count). The molecule has 0 aliphatic carbocycles. The molecule has 160 valence electrons. The third-order valence-electron chi connectivity index (χ3n) is 5.99. The van der Waals surface area contributed by atoms with Crippen LogP contribution in [0.25, 0.3) is 0 Å². The summed E-state index contributed by atoms with van der Waals surface area (Å²) < 4.78 is 32.3. The molecule has 2 aliphatic rings. The van der Waals surface area contributed by atoms with Gasteiger partial charge >= 0.3 is 5.92 Å². The van der Waals surface area contributed by atoms with Gasteiger partial charge in [-0.25, -0.2) is 0 Å². The average molecular weight is 422 g/mol. The lowest BCUT2D eigenvalue weighted by Gasteiger charge is -2.35. The van der Waals surface area contributed by atoms with Gasteiger partial charge in [0.15, 0.2) is 0 Å². The number of halogens is 2. The largest absolute Gasteiger partial charge is 0.336 e. The fourth-order valence-electron chi connectivity index (χ4n) is 4.69. The van der Waals surface area contributed by atoms with E-state index in [4.69, 9.17) is 0 Å². The van der Waals surface area contributed by atoms with Gasteiger partial charge in [0.1, 0.15) is 5.69 Å². The summed E-state index contributed by atoms with van der Waals surface area (Å²) in [6, 6.07) is 17.5. The van der Waals surface area contributed by atoms with Gasteiger partial charge in [-0.15, -0.1) is 0 Å². The second-order valence-electron chi connectivity index (χ2n) is 8.44. The number of benzene rings is 2. The number of anilines is 1. The van der Waals surface area contributed by atoms with E-state index < -0.39 is 18.0 Å². The van der Waals surface area contributed by atoms with Gasteiger partial charge < -0.3 is 9.47 Å². The molecule has 2 aromatic carbocycles. The van der Waals surface area contributed by atoms with Crippen molar-refractivity contribution in [3.8, 4) is 0 Å². The molecular weight excluding hydrogens is 398 g/mol. The van der Waals surface area contributed by atoms with E-state index >= 15 is 8.78 Å². The van der Waals surface area contributed by atoms with Crippen LogP contribution in [0.3, 0.4) is 0 Å². The molecule has 0 radical (unpaired) electrons. The zero-order valence-electron chi connectivity index (χ0n) is 17.4. The Balaban J connectivity index is 1.48. The van der Waals surface area contributed by atoms with Gasteiger partial charge in [-0.3, -0.25) is 9.69 Å². The highest BCUT2D eigenvalue weighted by atomic mass is 19.3. The third-order valence-corrected chi connectivity index (χ3v) is 5.99. The van der Waals surface area contributed by atoms with Crippen molar-refractivity contribution < 1.29 is 8.78 Å². The van der Waals surface area contributed by atoms with Crippen molar-refractivity contribution >= 4 is 5.95 Å². The fraction of sp³-hybridized carbons (Fsp3) is 0.333. The number of fused-ring (bicyclic) bond motifs is 3. The molecule has 7 heteroatoms. The van der Waals surface area contributed by atoms with Gasteiger partial charge in [-0.1, -0.05) is 60.2 Å². The molecule has 0 amide bonds. The lowest BCUT2D eigenvalue weighted by molar-refractivity contribution is -0.0621. The van der Waals surface area contributed by atoms with Gasteiger partial charge in [-0.05, 0) is 18.1 Å². The van der Waals surface area contributed by atoms with E-state index in [1.54, 1.807) is 9.47 Å². The lowest BCUT2D eigenvalue weighted by Crippen LogP contribution is -2.45. The Morgan fingerprint density at radius 1 is 1.00 bits per heavy atom. The molecule has 3 heterocycles. The zero-order chi connectivity index (χ0) is 21.6. The Kier molecular flexibility index (Phi) is 4.85. The van der Waals surface area contributed by atoms with Crippen molar-refractivity contribution in [2.24, 2.45) is 0 Å². The van der Waals surface area contributed by atoms with E-state index in [0.717, 1.165) is 16.7 Å². The number of aryl methyl sites for hydroxylation is 1. The molecule has 0 N–H and O–H groups in total. The van der Waals surface area contributed by atoms with Crippen LogP contribution in [0.1, 0.15) is 27.9 Å². The van der Waals surface area contributed by atoms with E-state index in [-0.39, 0.29) is 17.8 Å². The summed E-state index contributed by atoms with van der Waals surface area (Å²) in [5.41, 5.74) is 2.57. The predicted octanol–water partition coefficient (Wildman–Crippen LogP) is 3.68. The van der Waals surface area contributed by atoms with Crippen LogP contribution < -0.4 is 10.5 Å². The van der Waals surface area contributed by atoms with E-state index in [2.05, 4.69) is 11.1 Å². The summed E-state index contributed by atoms with van der Waals surface area (Å²) in [6.07, 6.45) is 0. The number of aromatic nitrogens is 2. The second-order valence-corrected chi connectivity index (χ2v) is 8.44. The molecular formula is C24H24F2N4O. The molecule has 0 unspecified atom stereocenters. The standard InChI is InChI=1S/C24H24F2N4O/c1-17-6-5-9-19(12-17)14-29-10-11-30-21-20(22(31)27-23(29)30)15-28(16-24(21,25)26)13-18-7-3-2-4-8-18/h2-9,12H,10-11,13-16H2,1H3. The average Bonchev–Trinajstić information content (AvgIpc) is 3.10. The Bertz CT molecular complexity index is 1180. The summed E-state index contributed by atoms with van der Waals surface area (Å²) in [6.45, 7) is 3.67. The van der Waals surface area contributed by atoms with Crippen LogP contribution >= 0.6 is 0 Å². The first-order valence-electron chi connectivity index (χ1n) is 10.5. The van der Waals surface area contributed by atoms with Crippen LogP contribution in [-0.2, 0) is 32.1 Å². The van der Waals surface area contributed by atoms with Crippen molar-refractivity contribution in [3.63, 3.8) is 0 Å². The van der Waals surface area contributed by atoms with Gasteiger partial charge in [0.25, 0.3) is 5.56 Å². The van der Waals surface area contributed by atoms with Crippen LogP contribution in [0.5, 0.6) is 0 Å². The molecule has 1 aromatic heterocycles. The summed E-state index contributed by atoms with van der Waals surface area (Å²) in [7, 11) is 0. The Morgan fingerprint density at radius 2 is 1.77 bits per heavy atom. The number of hydrogen-bond donors (Lipinski definition) is 0. The van der Waals surface area contributed by atoms with E-state index in [1.807, 2.05) is 60.4 Å². The van der Waals surface area contributed by atoms with Gasteiger partial charge in [0.2, 0.25) is 5.95 Å². The molecule has 0 saturated carbocycles. The highest BCUT2D eigenvalue weighted by Gasteiger charge is 2.46. The molecule has 0 fully saturated rings. The van der Waals surface area contributed by atoms with Crippen molar-refractivity contribution in [1.29, 1.82) is 0 Å². The number of rotatable bonds is 4. The normalized spacial score (nSPS) is 17.5. The highest BCUT2D eigenvalue weighted by Crippen LogP contribution is 2.38. The van der Waals surface area contributed by atoms with Crippen LogP contribution in [-0.4, -0.2) is 27.5 Å². The molecule has 0 saturated heterocycles. The predicted molar refractivity (Wildman–Crippen MR) is 115 cm³/mol. The summed E-state index contributed by atoms with van der Waals surface area (Å²) in [5.74, 6) is -2.76. The van der Waals surface area contributed by atoms with Crippen LogP contribution in [0.4, 0.5) is 14.7 Å². The maximum atomic E-state index is 15.3. The second kappa shape index (κ2) is 7.57. The third kappa shape index (κ3) is 3.74. The SMILES string of the molecule is Cc1cccc(CN2CCn3c2nc(=O)c2c3C(F)(F)CN(Cc3ccccc3)C2)c1. The molecule has 3 aromatic rings. The monoisotopic (exact) mass is 422 g/mol. The molecule has 5 nitrogen and oxygen atoms in total. The van der Waals surface area contributed by atoms with Crippen molar-refractivity contribution in [1.82, 2.24) is 14.5 Å². The first-order valence-corrected chi connectivity index (χ1v) is 10.5. The van der Waals surface area contributed by atoms with Crippen LogP contribution in [0.15, 0.2) is 59.4 Å². The number of hydrogen-bond acceptors (Lipinski definition) is 4. The summed E-state index contributed by atoms with van der Waals surface area (Å²) in [4.78, 5) is 20.6. The smallest absolute Gasteiger partial charge is 0.300 e. The van der Waals surface area contributed by atoms with Crippen LogP contribution in [0.2, 0.25) is 0 Å². The number of alkyl halides is 2.